The van der Waals surface area contributed by atoms with Crippen LogP contribution in [0, 0.1) is 5.82 Å². The third-order valence-electron chi connectivity index (χ3n) is 2.44. The molecule has 3 heteroatoms. The molecule has 0 atom stereocenters. The summed E-state index contributed by atoms with van der Waals surface area (Å²) in [7, 11) is 0. The van der Waals surface area contributed by atoms with E-state index in [2.05, 4.69) is 16.6 Å². The Morgan fingerprint density at radius 2 is 2.24 bits per heavy atom. The second-order valence-corrected chi connectivity index (χ2v) is 3.62. The van der Waals surface area contributed by atoms with E-state index in [1.807, 2.05) is 19.1 Å². The van der Waals surface area contributed by atoms with E-state index in [0.717, 1.165) is 21.8 Å². The molecule has 0 radical (unpaired) electrons. The van der Waals surface area contributed by atoms with Gasteiger partial charge in [-0.25, -0.2) is 4.39 Å². The van der Waals surface area contributed by atoms with Crippen molar-refractivity contribution in [1.82, 2.24) is 4.98 Å². The van der Waals surface area contributed by atoms with Gasteiger partial charge in [0.05, 0.1) is 5.70 Å². The number of aliphatic imine (C=N–C) groups is 1. The molecule has 2 aromatic rings. The largest absolute Gasteiger partial charge is 0.362 e. The third kappa shape index (κ3) is 2.33. The number of aromatic amines is 1. The maximum absolute atomic E-state index is 13.2. The molecule has 1 aromatic heterocycles. The molecule has 0 aliphatic heterocycles. The van der Waals surface area contributed by atoms with Gasteiger partial charge in [0.25, 0.3) is 0 Å². The number of hydrogen-bond acceptors (Lipinski definition) is 1. The monoisotopic (exact) mass is 228 g/mol. The van der Waals surface area contributed by atoms with Crippen LogP contribution in [0.15, 0.2) is 41.5 Å². The van der Waals surface area contributed by atoms with Crippen LogP contribution in [0.3, 0.4) is 0 Å². The summed E-state index contributed by atoms with van der Waals surface area (Å²) in [5.74, 6) is -0.271. The second-order valence-electron chi connectivity index (χ2n) is 3.62. The van der Waals surface area contributed by atoms with E-state index < -0.39 is 0 Å². The van der Waals surface area contributed by atoms with Crippen LogP contribution in [0.5, 0.6) is 0 Å². The van der Waals surface area contributed by atoms with Crippen LogP contribution in [0.25, 0.3) is 12.3 Å². The fraction of sp³-hybridized carbons (Fsp3) is 0.0714. The van der Waals surface area contributed by atoms with Crippen molar-refractivity contribution in [1.29, 1.82) is 0 Å². The standard InChI is InChI=1S/C14H13FN2/c1-3-16-14(13-7-8-17-10(13)2)11-5-4-6-12(15)9-11/h3-9,17H,2H2,1H3/b14-13-,16-3?. The van der Waals surface area contributed by atoms with E-state index in [4.69, 9.17) is 0 Å². The fourth-order valence-corrected chi connectivity index (χ4v) is 1.69. The highest BCUT2D eigenvalue weighted by Crippen LogP contribution is 2.13. The first-order chi connectivity index (χ1) is 8.22. The molecule has 1 N–H and O–H groups in total. The summed E-state index contributed by atoms with van der Waals surface area (Å²) >= 11 is 0. The number of nitrogens with one attached hydrogen (secondary N) is 1. The number of hydrogen-bond donors (Lipinski definition) is 1. The highest BCUT2D eigenvalue weighted by atomic mass is 19.1. The Morgan fingerprint density at radius 1 is 1.41 bits per heavy atom. The molecule has 0 unspecified atom stereocenters. The molecule has 0 saturated carbocycles. The molecule has 17 heavy (non-hydrogen) atoms. The number of benzene rings is 1. The van der Waals surface area contributed by atoms with Gasteiger partial charge in [-0.2, -0.15) is 0 Å². The smallest absolute Gasteiger partial charge is 0.123 e. The molecule has 0 bridgehead atoms. The van der Waals surface area contributed by atoms with Crippen LogP contribution in [0.2, 0.25) is 0 Å². The summed E-state index contributed by atoms with van der Waals surface area (Å²) in [6.07, 6.45) is 3.48. The minimum absolute atomic E-state index is 0.271. The summed E-state index contributed by atoms with van der Waals surface area (Å²) < 4.78 is 13.2. The molecule has 0 spiro atoms. The number of rotatable bonds is 2. The normalized spacial score (nSPS) is 13.1. The molecule has 0 amide bonds. The zero-order valence-electron chi connectivity index (χ0n) is 9.57. The summed E-state index contributed by atoms with van der Waals surface area (Å²) in [5, 5.41) is 1.66. The predicted molar refractivity (Wildman–Crippen MR) is 68.6 cm³/mol. The fourth-order valence-electron chi connectivity index (χ4n) is 1.69. The quantitative estimate of drug-likeness (QED) is 0.759. The van der Waals surface area contributed by atoms with Crippen molar-refractivity contribution in [2.45, 2.75) is 6.92 Å². The number of H-pyrrole nitrogens is 1. The Kier molecular flexibility index (Phi) is 3.19. The number of aromatic nitrogens is 1. The topological polar surface area (TPSA) is 28.1 Å². The Bertz CT molecular complexity index is 653. The summed E-state index contributed by atoms with van der Waals surface area (Å²) in [4.78, 5) is 7.30. The lowest BCUT2D eigenvalue weighted by Gasteiger charge is -2.01. The zero-order valence-corrected chi connectivity index (χ0v) is 9.57. The van der Waals surface area contributed by atoms with Gasteiger partial charge in [0.1, 0.15) is 5.82 Å². The summed E-state index contributed by atoms with van der Waals surface area (Å²) in [6, 6.07) is 8.27. The molecule has 2 rings (SSSR count). The SMILES string of the molecule is C=c1[nH]cc/c1=C(/N=CC)c1cccc(F)c1. The van der Waals surface area contributed by atoms with E-state index in [0.29, 0.717) is 0 Å². The van der Waals surface area contributed by atoms with Gasteiger partial charge < -0.3 is 4.98 Å². The van der Waals surface area contributed by atoms with Gasteiger partial charge in [-0.15, -0.1) is 0 Å². The van der Waals surface area contributed by atoms with Gasteiger partial charge in [0.2, 0.25) is 0 Å². The highest BCUT2D eigenvalue weighted by Gasteiger charge is 2.03. The maximum Gasteiger partial charge on any atom is 0.123 e. The van der Waals surface area contributed by atoms with Gasteiger partial charge >= 0.3 is 0 Å². The molecule has 2 nitrogen and oxygen atoms in total. The third-order valence-corrected chi connectivity index (χ3v) is 2.44. The molecule has 1 aromatic carbocycles. The van der Waals surface area contributed by atoms with E-state index >= 15 is 0 Å². The molecule has 0 fully saturated rings. The summed E-state index contributed by atoms with van der Waals surface area (Å²) in [6.45, 7) is 5.72. The molecule has 0 saturated heterocycles. The first-order valence-electron chi connectivity index (χ1n) is 5.33. The van der Waals surface area contributed by atoms with Crippen LogP contribution in [0.4, 0.5) is 4.39 Å². The number of nitrogens with zero attached hydrogens (tertiary/aromatic N) is 1. The summed E-state index contributed by atoms with van der Waals surface area (Å²) in [5.41, 5.74) is 1.46. The van der Waals surface area contributed by atoms with Crippen molar-refractivity contribution in [3.63, 3.8) is 0 Å². The van der Waals surface area contributed by atoms with Crippen molar-refractivity contribution in [3.8, 4) is 0 Å². The first-order valence-corrected chi connectivity index (χ1v) is 5.33. The molecule has 0 aliphatic carbocycles. The average Bonchev–Trinajstić information content (AvgIpc) is 2.72. The lowest BCUT2D eigenvalue weighted by atomic mass is 10.1. The van der Waals surface area contributed by atoms with Crippen LogP contribution in [-0.2, 0) is 0 Å². The Morgan fingerprint density at radius 3 is 2.82 bits per heavy atom. The Balaban J connectivity index is 2.76. The molecular weight excluding hydrogens is 215 g/mol. The van der Waals surface area contributed by atoms with E-state index in [1.54, 1.807) is 18.5 Å². The van der Waals surface area contributed by atoms with Crippen LogP contribution in [0.1, 0.15) is 12.5 Å². The van der Waals surface area contributed by atoms with Gasteiger partial charge in [-0.05, 0) is 25.1 Å². The van der Waals surface area contributed by atoms with Crippen LogP contribution < -0.4 is 10.6 Å². The van der Waals surface area contributed by atoms with Crippen LogP contribution >= 0.6 is 0 Å². The van der Waals surface area contributed by atoms with E-state index in [-0.39, 0.29) is 5.82 Å². The van der Waals surface area contributed by atoms with Crippen molar-refractivity contribution >= 4 is 18.5 Å². The van der Waals surface area contributed by atoms with Crippen molar-refractivity contribution in [2.75, 3.05) is 0 Å². The van der Waals surface area contributed by atoms with E-state index in [1.165, 1.54) is 12.1 Å². The van der Waals surface area contributed by atoms with Crippen molar-refractivity contribution in [3.05, 3.63) is 58.5 Å². The first kappa shape index (κ1) is 11.3. The number of halogens is 1. The molecule has 0 aliphatic rings. The van der Waals surface area contributed by atoms with E-state index in [9.17, 15) is 4.39 Å². The predicted octanol–water partition coefficient (Wildman–Crippen LogP) is 1.81. The van der Waals surface area contributed by atoms with Crippen molar-refractivity contribution in [2.24, 2.45) is 4.99 Å². The van der Waals surface area contributed by atoms with Crippen LogP contribution in [-0.4, -0.2) is 11.2 Å². The lowest BCUT2D eigenvalue weighted by Crippen LogP contribution is -2.23. The minimum atomic E-state index is -0.271. The van der Waals surface area contributed by atoms with Gasteiger partial charge in [0, 0.05) is 28.5 Å². The van der Waals surface area contributed by atoms with Gasteiger partial charge in [-0.1, -0.05) is 18.7 Å². The van der Waals surface area contributed by atoms with Gasteiger partial charge in [-0.3, -0.25) is 4.99 Å². The zero-order chi connectivity index (χ0) is 12.3. The maximum atomic E-state index is 13.2. The highest BCUT2D eigenvalue weighted by molar-refractivity contribution is 5.72. The Hall–Kier alpha value is -2.16. The van der Waals surface area contributed by atoms with Crippen molar-refractivity contribution < 1.29 is 4.39 Å². The average molecular weight is 228 g/mol. The molecular formula is C14H13FN2. The molecule has 1 heterocycles. The second kappa shape index (κ2) is 4.78. The van der Waals surface area contributed by atoms with Gasteiger partial charge in [0.15, 0.2) is 0 Å². The lowest BCUT2D eigenvalue weighted by molar-refractivity contribution is 0.627. The minimum Gasteiger partial charge on any atom is -0.362 e. The Labute approximate surface area is 98.8 Å². The molecule has 86 valence electrons.